The van der Waals surface area contributed by atoms with Gasteiger partial charge in [0.1, 0.15) is 18.0 Å². The van der Waals surface area contributed by atoms with Crippen molar-refractivity contribution >= 4 is 0 Å². The number of methoxy groups -OCH3 is 1. The largest absolute Gasteiger partial charge is 0.497 e. The number of fused-ring (bicyclic) bond motifs is 1. The van der Waals surface area contributed by atoms with E-state index in [1.165, 1.54) is 0 Å². The highest BCUT2D eigenvalue weighted by Gasteiger charge is 2.37. The fourth-order valence-corrected chi connectivity index (χ4v) is 2.44. The van der Waals surface area contributed by atoms with Gasteiger partial charge in [-0.2, -0.15) is 0 Å². The topological polar surface area (TPSA) is 36.9 Å². The quantitative estimate of drug-likeness (QED) is 0.767. The van der Waals surface area contributed by atoms with Crippen molar-refractivity contribution in [1.82, 2.24) is 0 Å². The maximum absolute atomic E-state index is 5.97. The van der Waals surface area contributed by atoms with Crippen molar-refractivity contribution in [2.24, 2.45) is 0 Å². The van der Waals surface area contributed by atoms with Crippen LogP contribution in [0.1, 0.15) is 18.3 Å². The average molecular weight is 262 g/mol. The molecule has 0 spiro atoms. The summed E-state index contributed by atoms with van der Waals surface area (Å²) in [4.78, 5) is 0. The number of ether oxygens (including phenoxy) is 4. The van der Waals surface area contributed by atoms with Gasteiger partial charge in [-0.1, -0.05) is 18.7 Å². The molecule has 0 amide bonds. The molecule has 4 nitrogen and oxygen atoms in total. The zero-order valence-corrected chi connectivity index (χ0v) is 11.0. The summed E-state index contributed by atoms with van der Waals surface area (Å²) < 4.78 is 22.5. The van der Waals surface area contributed by atoms with Crippen LogP contribution in [-0.4, -0.2) is 32.5 Å². The Labute approximate surface area is 112 Å². The minimum absolute atomic E-state index is 0.0178. The first-order chi connectivity index (χ1) is 9.28. The van der Waals surface area contributed by atoms with E-state index in [4.69, 9.17) is 18.9 Å². The minimum Gasteiger partial charge on any atom is -0.497 e. The molecule has 0 aromatic heterocycles. The van der Waals surface area contributed by atoms with Gasteiger partial charge in [0.25, 0.3) is 0 Å². The lowest BCUT2D eigenvalue weighted by molar-refractivity contribution is -0.263. The molecule has 3 rings (SSSR count). The van der Waals surface area contributed by atoms with Crippen molar-refractivity contribution in [2.75, 3.05) is 20.3 Å². The van der Waals surface area contributed by atoms with Gasteiger partial charge < -0.3 is 18.9 Å². The fraction of sp³-hybridized carbons (Fsp3) is 0.467. The van der Waals surface area contributed by atoms with E-state index >= 15 is 0 Å². The molecule has 2 aliphatic rings. The van der Waals surface area contributed by atoms with Gasteiger partial charge in [0.2, 0.25) is 0 Å². The van der Waals surface area contributed by atoms with Gasteiger partial charge >= 0.3 is 0 Å². The molecule has 0 saturated carbocycles. The van der Waals surface area contributed by atoms with Gasteiger partial charge in [0.15, 0.2) is 6.29 Å². The molecule has 0 aliphatic carbocycles. The molecule has 2 heterocycles. The molecule has 0 bridgehead atoms. The summed E-state index contributed by atoms with van der Waals surface area (Å²) in [7, 11) is 1.65. The van der Waals surface area contributed by atoms with Crippen LogP contribution < -0.4 is 4.74 Å². The molecule has 19 heavy (non-hydrogen) atoms. The molecule has 4 heteroatoms. The normalized spacial score (nSPS) is 30.8. The summed E-state index contributed by atoms with van der Waals surface area (Å²) in [5.74, 6) is 0.822. The third kappa shape index (κ3) is 2.52. The van der Waals surface area contributed by atoms with Crippen LogP contribution in [0, 0.1) is 0 Å². The lowest BCUT2D eigenvalue weighted by atomic mass is 9.99. The molecule has 3 atom stereocenters. The first-order valence-electron chi connectivity index (χ1n) is 6.48. The van der Waals surface area contributed by atoms with Gasteiger partial charge in [-0.15, -0.1) is 0 Å². The number of hydrogen-bond acceptors (Lipinski definition) is 4. The Bertz CT molecular complexity index is 454. The van der Waals surface area contributed by atoms with E-state index in [1.807, 2.05) is 24.3 Å². The van der Waals surface area contributed by atoms with Crippen LogP contribution in [-0.2, 0) is 14.2 Å². The van der Waals surface area contributed by atoms with E-state index in [-0.39, 0.29) is 18.5 Å². The first-order valence-corrected chi connectivity index (χ1v) is 6.48. The van der Waals surface area contributed by atoms with Crippen LogP contribution in [0.4, 0.5) is 0 Å². The minimum atomic E-state index is -0.356. The smallest absolute Gasteiger partial charge is 0.184 e. The van der Waals surface area contributed by atoms with Gasteiger partial charge in [-0.3, -0.25) is 0 Å². The van der Waals surface area contributed by atoms with Crippen LogP contribution in [0.25, 0.3) is 0 Å². The van der Waals surface area contributed by atoms with E-state index in [2.05, 4.69) is 6.58 Å². The second-order valence-electron chi connectivity index (χ2n) is 4.81. The SMILES string of the molecule is C=C1CCO[C@@H]2COC(c3ccc(OC)cc3)O[C@@H]12. The third-order valence-electron chi connectivity index (χ3n) is 3.57. The molecule has 1 aromatic rings. The maximum atomic E-state index is 5.97. The second kappa shape index (κ2) is 5.33. The van der Waals surface area contributed by atoms with Crippen LogP contribution in [0.15, 0.2) is 36.4 Å². The number of hydrogen-bond donors (Lipinski definition) is 0. The van der Waals surface area contributed by atoms with E-state index in [1.54, 1.807) is 7.11 Å². The van der Waals surface area contributed by atoms with Crippen molar-refractivity contribution in [3.8, 4) is 5.75 Å². The summed E-state index contributed by atoms with van der Waals surface area (Å²) in [5, 5.41) is 0. The van der Waals surface area contributed by atoms with Crippen LogP contribution in [0.5, 0.6) is 5.75 Å². The summed E-state index contributed by atoms with van der Waals surface area (Å²) in [6.07, 6.45) is 0.423. The average Bonchev–Trinajstić information content (AvgIpc) is 2.47. The Kier molecular flexibility index (Phi) is 3.55. The second-order valence-corrected chi connectivity index (χ2v) is 4.81. The van der Waals surface area contributed by atoms with Gasteiger partial charge in [0, 0.05) is 5.56 Å². The zero-order valence-electron chi connectivity index (χ0n) is 11.0. The monoisotopic (exact) mass is 262 g/mol. The lowest BCUT2D eigenvalue weighted by Gasteiger charge is -2.40. The Morgan fingerprint density at radius 2 is 2.00 bits per heavy atom. The number of benzene rings is 1. The molecule has 0 N–H and O–H groups in total. The third-order valence-corrected chi connectivity index (χ3v) is 3.57. The molecular formula is C15H18O4. The summed E-state index contributed by atoms with van der Waals surface area (Å²) in [6.45, 7) is 5.32. The number of rotatable bonds is 2. The molecule has 2 aliphatic heterocycles. The summed E-state index contributed by atoms with van der Waals surface area (Å²) in [5.41, 5.74) is 2.08. The lowest BCUT2D eigenvalue weighted by Crippen LogP contribution is -2.46. The van der Waals surface area contributed by atoms with E-state index in [0.29, 0.717) is 13.2 Å². The highest BCUT2D eigenvalue weighted by atomic mass is 16.7. The van der Waals surface area contributed by atoms with Gasteiger partial charge in [0.05, 0.1) is 20.3 Å². The Morgan fingerprint density at radius 3 is 2.74 bits per heavy atom. The Hall–Kier alpha value is -1.36. The Balaban J connectivity index is 1.73. The van der Waals surface area contributed by atoms with Crippen LogP contribution in [0.3, 0.4) is 0 Å². The molecule has 0 radical (unpaired) electrons. The van der Waals surface area contributed by atoms with Gasteiger partial charge in [-0.25, -0.2) is 0 Å². The summed E-state index contributed by atoms with van der Waals surface area (Å²) >= 11 is 0. The van der Waals surface area contributed by atoms with Crippen molar-refractivity contribution in [2.45, 2.75) is 24.9 Å². The molecule has 2 saturated heterocycles. The maximum Gasteiger partial charge on any atom is 0.184 e. The molecule has 1 unspecified atom stereocenters. The van der Waals surface area contributed by atoms with Crippen molar-refractivity contribution < 1.29 is 18.9 Å². The highest BCUT2D eigenvalue weighted by Crippen LogP contribution is 2.34. The molecule has 2 fully saturated rings. The Morgan fingerprint density at radius 1 is 1.21 bits per heavy atom. The summed E-state index contributed by atoms with van der Waals surface area (Å²) in [6, 6.07) is 7.72. The molecule has 1 aromatic carbocycles. The van der Waals surface area contributed by atoms with E-state index in [0.717, 1.165) is 23.3 Å². The standard InChI is InChI=1S/C15H18O4/c1-10-7-8-17-13-9-18-15(19-14(10)13)11-3-5-12(16-2)6-4-11/h3-6,13-15H,1,7-9H2,2H3/t13-,14+,15?/m1/s1. The van der Waals surface area contributed by atoms with Crippen LogP contribution >= 0.6 is 0 Å². The van der Waals surface area contributed by atoms with Gasteiger partial charge in [-0.05, 0) is 24.1 Å². The molecule has 102 valence electrons. The zero-order chi connectivity index (χ0) is 13.2. The van der Waals surface area contributed by atoms with E-state index < -0.39 is 0 Å². The predicted octanol–water partition coefficient (Wildman–Crippen LogP) is 2.45. The van der Waals surface area contributed by atoms with E-state index in [9.17, 15) is 0 Å². The van der Waals surface area contributed by atoms with Crippen molar-refractivity contribution in [3.63, 3.8) is 0 Å². The first kappa shape index (κ1) is 12.7. The van der Waals surface area contributed by atoms with Crippen LogP contribution in [0.2, 0.25) is 0 Å². The predicted molar refractivity (Wildman–Crippen MR) is 70.1 cm³/mol. The van der Waals surface area contributed by atoms with Crippen molar-refractivity contribution in [1.29, 1.82) is 0 Å². The fourth-order valence-electron chi connectivity index (χ4n) is 2.44. The van der Waals surface area contributed by atoms with Crippen molar-refractivity contribution in [3.05, 3.63) is 42.0 Å². The molecular weight excluding hydrogens is 244 g/mol. The highest BCUT2D eigenvalue weighted by molar-refractivity contribution is 5.28.